The van der Waals surface area contributed by atoms with Crippen molar-refractivity contribution in [3.8, 4) is 11.3 Å². The zero-order valence-electron chi connectivity index (χ0n) is 15.1. The van der Waals surface area contributed by atoms with Gasteiger partial charge in [0.2, 0.25) is 0 Å². The lowest BCUT2D eigenvalue weighted by Gasteiger charge is -2.22. The largest absolute Gasteiger partial charge is 0.382 e. The van der Waals surface area contributed by atoms with E-state index in [2.05, 4.69) is 14.7 Å². The summed E-state index contributed by atoms with van der Waals surface area (Å²) in [6.07, 6.45) is 4.05. The van der Waals surface area contributed by atoms with Gasteiger partial charge in [-0.2, -0.15) is 0 Å². The van der Waals surface area contributed by atoms with Gasteiger partial charge in [-0.25, -0.2) is 9.97 Å². The summed E-state index contributed by atoms with van der Waals surface area (Å²) in [5, 5.41) is 3.46. The predicted octanol–water partition coefficient (Wildman–Crippen LogP) is 2.96. The van der Waals surface area contributed by atoms with E-state index in [1.54, 1.807) is 13.1 Å². The Morgan fingerprint density at radius 3 is 2.73 bits per heavy atom. The van der Waals surface area contributed by atoms with Gasteiger partial charge in [0.15, 0.2) is 5.78 Å². The molecule has 6 heteroatoms. The number of imidazole rings is 1. The van der Waals surface area contributed by atoms with Crippen LogP contribution in [0.1, 0.15) is 47.6 Å². The number of nitrogens with zero attached hydrogens (tertiary/aromatic N) is 3. The SMILES string of the molecule is CC(=O)c1ccc(-c2nc(C3CCCNC3)n3c(C)cnc(N)c23)cc1. The molecule has 1 aliphatic rings. The van der Waals surface area contributed by atoms with Gasteiger partial charge in [-0.15, -0.1) is 0 Å². The molecule has 0 spiro atoms. The van der Waals surface area contributed by atoms with Crippen molar-refractivity contribution < 1.29 is 4.79 Å². The van der Waals surface area contributed by atoms with Gasteiger partial charge in [0.05, 0.1) is 0 Å². The van der Waals surface area contributed by atoms with Crippen LogP contribution in [0.4, 0.5) is 5.82 Å². The van der Waals surface area contributed by atoms with Gasteiger partial charge >= 0.3 is 0 Å². The number of hydrogen-bond donors (Lipinski definition) is 2. The fourth-order valence-corrected chi connectivity index (χ4v) is 3.72. The van der Waals surface area contributed by atoms with Gasteiger partial charge in [0.25, 0.3) is 0 Å². The zero-order valence-corrected chi connectivity index (χ0v) is 15.1. The molecule has 134 valence electrons. The van der Waals surface area contributed by atoms with Crippen molar-refractivity contribution in [2.45, 2.75) is 32.6 Å². The molecule has 3 N–H and O–H groups in total. The van der Waals surface area contributed by atoms with Crippen LogP contribution in [0.2, 0.25) is 0 Å². The first-order chi connectivity index (χ1) is 12.6. The molecule has 2 aromatic heterocycles. The smallest absolute Gasteiger partial charge is 0.159 e. The topological polar surface area (TPSA) is 85.3 Å². The Morgan fingerprint density at radius 2 is 2.08 bits per heavy atom. The Labute approximate surface area is 152 Å². The van der Waals surface area contributed by atoms with Crippen molar-refractivity contribution in [1.29, 1.82) is 0 Å². The Bertz CT molecular complexity index is 968. The number of aryl methyl sites for hydroxylation is 1. The normalized spacial score (nSPS) is 17.5. The summed E-state index contributed by atoms with van der Waals surface area (Å²) in [7, 11) is 0. The first-order valence-corrected chi connectivity index (χ1v) is 9.01. The van der Waals surface area contributed by atoms with Gasteiger partial charge in [-0.05, 0) is 33.2 Å². The van der Waals surface area contributed by atoms with Gasteiger partial charge in [-0.1, -0.05) is 24.3 Å². The number of nitrogens with one attached hydrogen (secondary N) is 1. The third-order valence-corrected chi connectivity index (χ3v) is 5.12. The van der Waals surface area contributed by atoms with Crippen LogP contribution >= 0.6 is 0 Å². The summed E-state index contributed by atoms with van der Waals surface area (Å²) in [6, 6.07) is 7.54. The van der Waals surface area contributed by atoms with Gasteiger partial charge in [-0.3, -0.25) is 9.20 Å². The monoisotopic (exact) mass is 349 g/mol. The molecule has 1 unspecified atom stereocenters. The number of Topliss-reactive ketones (excluding diaryl/α,β-unsaturated/α-hetero) is 1. The summed E-state index contributed by atoms with van der Waals surface area (Å²) in [4.78, 5) is 20.9. The molecule has 1 atom stereocenters. The van der Waals surface area contributed by atoms with E-state index < -0.39 is 0 Å². The van der Waals surface area contributed by atoms with Crippen molar-refractivity contribution in [1.82, 2.24) is 19.7 Å². The minimum atomic E-state index is 0.0530. The van der Waals surface area contributed by atoms with Crippen molar-refractivity contribution in [3.63, 3.8) is 0 Å². The predicted molar refractivity (Wildman–Crippen MR) is 102 cm³/mol. The second-order valence-corrected chi connectivity index (χ2v) is 6.96. The maximum Gasteiger partial charge on any atom is 0.159 e. The second kappa shape index (κ2) is 6.53. The van der Waals surface area contributed by atoms with E-state index in [1.807, 2.05) is 31.2 Å². The number of nitrogen functional groups attached to an aromatic ring is 1. The van der Waals surface area contributed by atoms with Crippen molar-refractivity contribution in [3.05, 3.63) is 47.5 Å². The molecule has 1 aromatic carbocycles. The molecule has 4 rings (SSSR count). The minimum absolute atomic E-state index is 0.0530. The zero-order chi connectivity index (χ0) is 18.3. The summed E-state index contributed by atoms with van der Waals surface area (Å²) >= 11 is 0. The molecule has 0 radical (unpaired) electrons. The van der Waals surface area contributed by atoms with E-state index in [-0.39, 0.29) is 5.78 Å². The molecule has 1 saturated heterocycles. The first kappa shape index (κ1) is 16.7. The number of piperidine rings is 1. The number of nitrogens with two attached hydrogens (primary N) is 1. The number of ketones is 1. The van der Waals surface area contributed by atoms with E-state index >= 15 is 0 Å². The Hall–Kier alpha value is -2.73. The van der Waals surface area contributed by atoms with Gasteiger partial charge < -0.3 is 11.1 Å². The third kappa shape index (κ3) is 2.76. The lowest BCUT2D eigenvalue weighted by atomic mass is 9.99. The van der Waals surface area contributed by atoms with Crippen molar-refractivity contribution >= 4 is 17.1 Å². The molecule has 1 aliphatic heterocycles. The fraction of sp³-hybridized carbons (Fsp3) is 0.350. The number of benzene rings is 1. The van der Waals surface area contributed by atoms with E-state index in [1.165, 1.54) is 0 Å². The highest BCUT2D eigenvalue weighted by molar-refractivity contribution is 5.95. The van der Waals surface area contributed by atoms with Gasteiger partial charge in [0, 0.05) is 35.5 Å². The van der Waals surface area contributed by atoms with E-state index in [0.29, 0.717) is 17.3 Å². The maximum absolute atomic E-state index is 11.6. The fourth-order valence-electron chi connectivity index (χ4n) is 3.72. The molecule has 26 heavy (non-hydrogen) atoms. The molecule has 0 aliphatic carbocycles. The molecule has 0 saturated carbocycles. The Morgan fingerprint density at radius 1 is 1.31 bits per heavy atom. The van der Waals surface area contributed by atoms with E-state index in [9.17, 15) is 4.79 Å². The van der Waals surface area contributed by atoms with Crippen LogP contribution in [0.15, 0.2) is 30.5 Å². The molecular weight excluding hydrogens is 326 g/mol. The molecule has 6 nitrogen and oxygen atoms in total. The van der Waals surface area contributed by atoms with Crippen LogP contribution in [0, 0.1) is 6.92 Å². The van der Waals surface area contributed by atoms with Crippen LogP contribution in [0.3, 0.4) is 0 Å². The van der Waals surface area contributed by atoms with E-state index in [4.69, 9.17) is 10.7 Å². The quantitative estimate of drug-likeness (QED) is 0.710. The van der Waals surface area contributed by atoms with Crippen LogP contribution in [-0.4, -0.2) is 33.2 Å². The standard InChI is InChI=1S/C20H23N5O/c1-12-10-23-19(21)18-17(15-7-5-14(6-8-15)13(2)26)24-20(25(12)18)16-4-3-9-22-11-16/h5-8,10,16,22H,3-4,9,11H2,1-2H3,(H2,21,23). The highest BCUT2D eigenvalue weighted by Gasteiger charge is 2.25. The van der Waals surface area contributed by atoms with Crippen LogP contribution in [0.25, 0.3) is 16.8 Å². The maximum atomic E-state index is 11.6. The highest BCUT2D eigenvalue weighted by atomic mass is 16.1. The highest BCUT2D eigenvalue weighted by Crippen LogP contribution is 2.33. The molecular formula is C20H23N5O. The van der Waals surface area contributed by atoms with Crippen LogP contribution < -0.4 is 11.1 Å². The molecule has 1 fully saturated rings. The first-order valence-electron chi connectivity index (χ1n) is 9.01. The lowest BCUT2D eigenvalue weighted by molar-refractivity contribution is 0.101. The minimum Gasteiger partial charge on any atom is -0.382 e. The number of carbonyl (C=O) groups is 1. The van der Waals surface area contributed by atoms with E-state index in [0.717, 1.165) is 54.2 Å². The molecule has 0 bridgehead atoms. The average Bonchev–Trinajstić information content (AvgIpc) is 3.07. The summed E-state index contributed by atoms with van der Waals surface area (Å²) in [5.41, 5.74) is 10.6. The average molecular weight is 349 g/mol. The molecule has 0 amide bonds. The number of hydrogen-bond acceptors (Lipinski definition) is 5. The lowest BCUT2D eigenvalue weighted by Crippen LogP contribution is -2.29. The number of anilines is 1. The summed E-state index contributed by atoms with van der Waals surface area (Å²) < 4.78 is 2.15. The van der Waals surface area contributed by atoms with Gasteiger partial charge in [0.1, 0.15) is 22.9 Å². The number of aromatic nitrogens is 3. The Balaban J connectivity index is 1.91. The number of rotatable bonds is 3. The summed E-state index contributed by atoms with van der Waals surface area (Å²) in [5.74, 6) is 1.91. The molecule has 3 heterocycles. The summed E-state index contributed by atoms with van der Waals surface area (Å²) in [6.45, 7) is 5.58. The van der Waals surface area contributed by atoms with Crippen molar-refractivity contribution in [2.24, 2.45) is 0 Å². The Kier molecular flexibility index (Phi) is 4.20. The number of fused-ring (bicyclic) bond motifs is 1. The molecule has 3 aromatic rings. The van der Waals surface area contributed by atoms with Crippen LogP contribution in [0.5, 0.6) is 0 Å². The third-order valence-electron chi connectivity index (χ3n) is 5.12. The second-order valence-electron chi connectivity index (χ2n) is 6.96. The van der Waals surface area contributed by atoms with Crippen LogP contribution in [-0.2, 0) is 0 Å². The van der Waals surface area contributed by atoms with Crippen molar-refractivity contribution in [2.75, 3.05) is 18.8 Å². The number of carbonyl (C=O) groups excluding carboxylic acids is 1.